The van der Waals surface area contributed by atoms with Gasteiger partial charge in [-0.15, -0.1) is 0 Å². The molecule has 112 valence electrons. The van der Waals surface area contributed by atoms with Crippen LogP contribution in [0.3, 0.4) is 0 Å². The third-order valence-electron chi connectivity index (χ3n) is 4.26. The number of halogens is 1. The Morgan fingerprint density at radius 3 is 2.85 bits per heavy atom. The van der Waals surface area contributed by atoms with Crippen molar-refractivity contribution < 1.29 is 4.74 Å². The van der Waals surface area contributed by atoms with Crippen molar-refractivity contribution in [1.82, 2.24) is 5.32 Å². The van der Waals surface area contributed by atoms with Gasteiger partial charge in [0.2, 0.25) is 0 Å². The van der Waals surface area contributed by atoms with Gasteiger partial charge in [-0.05, 0) is 55.5 Å². The standard InChI is InChI=1S/C17H26BrNO/c1-4-7-19-12(3)13(5-2)9-15-11-16(18)10-14-6-8-20-17(14)15/h10-13,19H,4-9H2,1-3H3. The number of hydrogen-bond acceptors (Lipinski definition) is 2. The summed E-state index contributed by atoms with van der Waals surface area (Å²) in [6, 6.07) is 4.99. The summed E-state index contributed by atoms with van der Waals surface area (Å²) < 4.78 is 7.03. The van der Waals surface area contributed by atoms with Crippen molar-refractivity contribution in [3.63, 3.8) is 0 Å². The molecule has 0 spiro atoms. The Bertz CT molecular complexity index is 447. The Hall–Kier alpha value is -0.540. The molecule has 0 amide bonds. The largest absolute Gasteiger partial charge is 0.493 e. The van der Waals surface area contributed by atoms with E-state index in [1.54, 1.807) is 0 Å². The fourth-order valence-corrected chi connectivity index (χ4v) is 3.55. The van der Waals surface area contributed by atoms with Crippen LogP contribution in [0.25, 0.3) is 0 Å². The molecule has 3 heteroatoms. The Kier molecular flexibility index (Phi) is 5.91. The van der Waals surface area contributed by atoms with Gasteiger partial charge in [-0.1, -0.05) is 36.2 Å². The second-order valence-electron chi connectivity index (χ2n) is 5.77. The predicted octanol–water partition coefficient (Wildman–Crippen LogP) is 4.34. The van der Waals surface area contributed by atoms with Crippen LogP contribution in [0.4, 0.5) is 0 Å². The third kappa shape index (κ3) is 3.76. The van der Waals surface area contributed by atoms with Crippen LogP contribution < -0.4 is 10.1 Å². The average Bonchev–Trinajstić information content (AvgIpc) is 2.89. The minimum absolute atomic E-state index is 0.552. The van der Waals surface area contributed by atoms with Crippen molar-refractivity contribution in [1.29, 1.82) is 0 Å². The Labute approximate surface area is 131 Å². The van der Waals surface area contributed by atoms with E-state index in [2.05, 4.69) is 54.2 Å². The van der Waals surface area contributed by atoms with Gasteiger partial charge in [-0.3, -0.25) is 0 Å². The minimum atomic E-state index is 0.552. The Balaban J connectivity index is 2.11. The summed E-state index contributed by atoms with van der Waals surface area (Å²) >= 11 is 3.64. The maximum absolute atomic E-state index is 5.85. The molecule has 2 unspecified atom stereocenters. The van der Waals surface area contributed by atoms with Crippen LogP contribution in [0.5, 0.6) is 5.75 Å². The smallest absolute Gasteiger partial charge is 0.125 e. The maximum atomic E-state index is 5.85. The molecule has 1 aliphatic rings. The van der Waals surface area contributed by atoms with Crippen molar-refractivity contribution in [2.75, 3.05) is 13.2 Å². The number of nitrogens with one attached hydrogen (secondary N) is 1. The Morgan fingerprint density at radius 2 is 2.15 bits per heavy atom. The van der Waals surface area contributed by atoms with Crippen molar-refractivity contribution in [2.45, 2.75) is 52.5 Å². The molecule has 20 heavy (non-hydrogen) atoms. The quantitative estimate of drug-likeness (QED) is 0.797. The van der Waals surface area contributed by atoms with Crippen LogP contribution in [-0.4, -0.2) is 19.2 Å². The van der Waals surface area contributed by atoms with Gasteiger partial charge in [0.05, 0.1) is 6.61 Å². The van der Waals surface area contributed by atoms with E-state index in [9.17, 15) is 0 Å². The van der Waals surface area contributed by atoms with E-state index in [1.165, 1.54) is 28.4 Å². The molecule has 0 bridgehead atoms. The summed E-state index contributed by atoms with van der Waals surface area (Å²) in [6.07, 6.45) is 4.52. The number of ether oxygens (including phenoxy) is 1. The summed E-state index contributed by atoms with van der Waals surface area (Å²) in [5.41, 5.74) is 2.72. The highest BCUT2D eigenvalue weighted by Crippen LogP contribution is 2.35. The van der Waals surface area contributed by atoms with Gasteiger partial charge in [0.25, 0.3) is 0 Å². The highest BCUT2D eigenvalue weighted by atomic mass is 79.9. The molecule has 1 heterocycles. The zero-order chi connectivity index (χ0) is 14.5. The van der Waals surface area contributed by atoms with E-state index >= 15 is 0 Å². The Morgan fingerprint density at radius 1 is 1.35 bits per heavy atom. The lowest BCUT2D eigenvalue weighted by atomic mass is 9.89. The highest BCUT2D eigenvalue weighted by molar-refractivity contribution is 9.10. The SMILES string of the molecule is CCCNC(C)C(CC)Cc1cc(Br)cc2c1OCC2. The number of hydrogen-bond donors (Lipinski definition) is 1. The van der Waals surface area contributed by atoms with Gasteiger partial charge in [0.1, 0.15) is 5.75 Å². The molecule has 0 radical (unpaired) electrons. The normalized spacial score (nSPS) is 16.6. The van der Waals surface area contributed by atoms with Crippen LogP contribution in [0.1, 0.15) is 44.7 Å². The van der Waals surface area contributed by atoms with Crippen LogP contribution in [0.15, 0.2) is 16.6 Å². The van der Waals surface area contributed by atoms with E-state index in [0.717, 1.165) is 31.7 Å². The van der Waals surface area contributed by atoms with Gasteiger partial charge >= 0.3 is 0 Å². The van der Waals surface area contributed by atoms with Crippen LogP contribution in [0, 0.1) is 5.92 Å². The summed E-state index contributed by atoms with van der Waals surface area (Å²) in [4.78, 5) is 0. The van der Waals surface area contributed by atoms with Crippen molar-refractivity contribution in [3.8, 4) is 5.75 Å². The molecule has 1 aromatic carbocycles. The van der Waals surface area contributed by atoms with Gasteiger partial charge in [0, 0.05) is 16.9 Å². The lowest BCUT2D eigenvalue weighted by molar-refractivity contribution is 0.337. The second kappa shape index (κ2) is 7.46. The number of fused-ring (bicyclic) bond motifs is 1. The van der Waals surface area contributed by atoms with Crippen molar-refractivity contribution in [2.24, 2.45) is 5.92 Å². The molecular formula is C17H26BrNO. The van der Waals surface area contributed by atoms with E-state index in [1.807, 2.05) is 0 Å². The lowest BCUT2D eigenvalue weighted by Crippen LogP contribution is -2.34. The maximum Gasteiger partial charge on any atom is 0.125 e. The van der Waals surface area contributed by atoms with Gasteiger partial charge in [-0.25, -0.2) is 0 Å². The van der Waals surface area contributed by atoms with E-state index in [0.29, 0.717) is 12.0 Å². The fourth-order valence-electron chi connectivity index (χ4n) is 2.99. The van der Waals surface area contributed by atoms with Gasteiger partial charge < -0.3 is 10.1 Å². The zero-order valence-electron chi connectivity index (χ0n) is 12.8. The molecule has 2 rings (SSSR count). The second-order valence-corrected chi connectivity index (χ2v) is 6.68. The van der Waals surface area contributed by atoms with Gasteiger partial charge in [0.15, 0.2) is 0 Å². The van der Waals surface area contributed by atoms with E-state index < -0.39 is 0 Å². The third-order valence-corrected chi connectivity index (χ3v) is 4.71. The molecule has 1 N–H and O–H groups in total. The fraction of sp³-hybridized carbons (Fsp3) is 0.647. The highest BCUT2D eigenvalue weighted by Gasteiger charge is 2.22. The first-order valence-corrected chi connectivity index (χ1v) is 8.62. The molecule has 0 saturated carbocycles. The van der Waals surface area contributed by atoms with Crippen LogP contribution >= 0.6 is 15.9 Å². The van der Waals surface area contributed by atoms with Crippen LogP contribution in [0.2, 0.25) is 0 Å². The van der Waals surface area contributed by atoms with Gasteiger partial charge in [-0.2, -0.15) is 0 Å². The first kappa shape index (κ1) is 15.8. The number of rotatable bonds is 7. The summed E-state index contributed by atoms with van der Waals surface area (Å²) in [5.74, 6) is 1.80. The first-order valence-electron chi connectivity index (χ1n) is 7.83. The van der Waals surface area contributed by atoms with E-state index in [-0.39, 0.29) is 0 Å². The molecule has 0 aromatic heterocycles. The van der Waals surface area contributed by atoms with Crippen molar-refractivity contribution >= 4 is 15.9 Å². The van der Waals surface area contributed by atoms with Crippen LogP contribution in [-0.2, 0) is 12.8 Å². The molecule has 0 saturated heterocycles. The lowest BCUT2D eigenvalue weighted by Gasteiger charge is -2.24. The molecular weight excluding hydrogens is 314 g/mol. The minimum Gasteiger partial charge on any atom is -0.493 e. The molecule has 0 aliphatic carbocycles. The average molecular weight is 340 g/mol. The monoisotopic (exact) mass is 339 g/mol. The topological polar surface area (TPSA) is 21.3 Å². The van der Waals surface area contributed by atoms with Crippen molar-refractivity contribution in [3.05, 3.63) is 27.7 Å². The molecule has 1 aliphatic heterocycles. The van der Waals surface area contributed by atoms with E-state index in [4.69, 9.17) is 4.74 Å². The number of benzene rings is 1. The molecule has 2 nitrogen and oxygen atoms in total. The molecule has 0 fully saturated rings. The predicted molar refractivity (Wildman–Crippen MR) is 88.6 cm³/mol. The summed E-state index contributed by atoms with van der Waals surface area (Å²) in [5, 5.41) is 3.63. The summed E-state index contributed by atoms with van der Waals surface area (Å²) in [7, 11) is 0. The molecule has 1 aromatic rings. The first-order chi connectivity index (χ1) is 9.65. The zero-order valence-corrected chi connectivity index (χ0v) is 14.4. The summed E-state index contributed by atoms with van der Waals surface area (Å²) in [6.45, 7) is 8.75. The molecule has 2 atom stereocenters.